The number of aliphatic hydroxyl groups excluding tert-OH is 4. The summed E-state index contributed by atoms with van der Waals surface area (Å²) in [7, 11) is 0. The molecule has 1 saturated heterocycles. The SMILES string of the molecule is CC(C)C(NO[C@H]1[C@H](O)[C@@H](CO)OC(O)[C@@H]1O)C(=O)O. The zero-order chi connectivity index (χ0) is 15.4. The Bertz CT molecular complexity index is 326. The van der Waals surface area contributed by atoms with Gasteiger partial charge in [-0.25, -0.2) is 0 Å². The number of aliphatic carboxylic acids is 1. The first-order valence-electron chi connectivity index (χ1n) is 6.24. The van der Waals surface area contributed by atoms with Crippen molar-refractivity contribution >= 4 is 5.97 Å². The van der Waals surface area contributed by atoms with Crippen LogP contribution >= 0.6 is 0 Å². The van der Waals surface area contributed by atoms with Gasteiger partial charge in [0, 0.05) is 0 Å². The van der Waals surface area contributed by atoms with Gasteiger partial charge in [0.05, 0.1) is 6.61 Å². The third kappa shape index (κ3) is 3.85. The first-order chi connectivity index (χ1) is 9.29. The van der Waals surface area contributed by atoms with Crippen molar-refractivity contribution in [3.8, 4) is 0 Å². The fourth-order valence-electron chi connectivity index (χ4n) is 1.83. The highest BCUT2D eigenvalue weighted by Crippen LogP contribution is 2.22. The van der Waals surface area contributed by atoms with Crippen molar-refractivity contribution in [2.24, 2.45) is 5.92 Å². The van der Waals surface area contributed by atoms with Crippen LogP contribution in [0.1, 0.15) is 13.8 Å². The van der Waals surface area contributed by atoms with E-state index in [-0.39, 0.29) is 5.92 Å². The number of carboxylic acid groups (broad SMARTS) is 1. The predicted molar refractivity (Wildman–Crippen MR) is 64.2 cm³/mol. The van der Waals surface area contributed by atoms with Crippen LogP contribution in [0.5, 0.6) is 0 Å². The highest BCUT2D eigenvalue weighted by Gasteiger charge is 2.45. The van der Waals surface area contributed by atoms with Gasteiger partial charge in [0.2, 0.25) is 0 Å². The van der Waals surface area contributed by atoms with Crippen LogP contribution in [0.25, 0.3) is 0 Å². The molecule has 9 nitrogen and oxygen atoms in total. The fourth-order valence-corrected chi connectivity index (χ4v) is 1.83. The first kappa shape index (κ1) is 17.2. The molecule has 118 valence electrons. The zero-order valence-electron chi connectivity index (χ0n) is 11.2. The largest absolute Gasteiger partial charge is 0.480 e. The van der Waals surface area contributed by atoms with Crippen molar-refractivity contribution in [3.63, 3.8) is 0 Å². The maximum absolute atomic E-state index is 11.0. The van der Waals surface area contributed by atoms with E-state index in [2.05, 4.69) is 5.48 Å². The average Bonchev–Trinajstić information content (AvgIpc) is 2.36. The average molecular weight is 295 g/mol. The number of hydrogen-bond donors (Lipinski definition) is 6. The van der Waals surface area contributed by atoms with Crippen LogP contribution in [0, 0.1) is 5.92 Å². The summed E-state index contributed by atoms with van der Waals surface area (Å²) in [4.78, 5) is 16.0. The molecule has 1 aliphatic heterocycles. The van der Waals surface area contributed by atoms with Crippen molar-refractivity contribution < 1.29 is 39.9 Å². The number of hydrogen-bond acceptors (Lipinski definition) is 8. The van der Waals surface area contributed by atoms with E-state index in [0.29, 0.717) is 0 Å². The lowest BCUT2D eigenvalue weighted by molar-refractivity contribution is -0.304. The molecule has 0 amide bonds. The normalized spacial score (nSPS) is 36.0. The number of rotatable bonds is 6. The molecular weight excluding hydrogens is 274 g/mol. The molecule has 1 rings (SSSR count). The molecule has 0 aromatic carbocycles. The van der Waals surface area contributed by atoms with E-state index in [4.69, 9.17) is 19.8 Å². The monoisotopic (exact) mass is 295 g/mol. The lowest BCUT2D eigenvalue weighted by Crippen LogP contribution is -2.61. The van der Waals surface area contributed by atoms with Gasteiger partial charge < -0.3 is 30.3 Å². The van der Waals surface area contributed by atoms with Gasteiger partial charge in [-0.05, 0) is 5.92 Å². The summed E-state index contributed by atoms with van der Waals surface area (Å²) < 4.78 is 4.77. The Balaban J connectivity index is 2.70. The molecule has 1 heterocycles. The summed E-state index contributed by atoms with van der Waals surface area (Å²) in [5.74, 6) is -1.46. The van der Waals surface area contributed by atoms with Crippen LogP contribution in [0.4, 0.5) is 0 Å². The van der Waals surface area contributed by atoms with E-state index in [1.54, 1.807) is 13.8 Å². The molecule has 6 atom stereocenters. The van der Waals surface area contributed by atoms with Gasteiger partial charge in [-0.15, -0.1) is 0 Å². The number of carboxylic acids is 1. The molecule has 9 heteroatoms. The van der Waals surface area contributed by atoms with Crippen molar-refractivity contribution in [3.05, 3.63) is 0 Å². The van der Waals surface area contributed by atoms with Crippen LogP contribution < -0.4 is 5.48 Å². The van der Waals surface area contributed by atoms with Gasteiger partial charge in [-0.1, -0.05) is 13.8 Å². The minimum Gasteiger partial charge on any atom is -0.480 e. The molecule has 2 unspecified atom stereocenters. The summed E-state index contributed by atoms with van der Waals surface area (Å²) in [5, 5.41) is 46.9. The van der Waals surface area contributed by atoms with E-state index in [1.807, 2.05) is 0 Å². The molecule has 0 spiro atoms. The molecule has 6 N–H and O–H groups in total. The Morgan fingerprint density at radius 3 is 2.35 bits per heavy atom. The van der Waals surface area contributed by atoms with Crippen LogP contribution in [-0.4, -0.2) is 74.9 Å². The van der Waals surface area contributed by atoms with Gasteiger partial charge >= 0.3 is 5.97 Å². The molecule has 0 aromatic heterocycles. The fraction of sp³-hybridized carbons (Fsp3) is 0.909. The Morgan fingerprint density at radius 1 is 1.30 bits per heavy atom. The predicted octanol–water partition coefficient (Wildman–Crippen LogP) is -2.58. The van der Waals surface area contributed by atoms with Crippen molar-refractivity contribution in [1.82, 2.24) is 5.48 Å². The van der Waals surface area contributed by atoms with Gasteiger partial charge in [0.25, 0.3) is 0 Å². The highest BCUT2D eigenvalue weighted by molar-refractivity contribution is 5.73. The third-order valence-electron chi connectivity index (χ3n) is 3.10. The van der Waals surface area contributed by atoms with Gasteiger partial charge in [0.15, 0.2) is 6.29 Å². The minimum atomic E-state index is -1.65. The Hall–Kier alpha value is -0.810. The van der Waals surface area contributed by atoms with Crippen molar-refractivity contribution in [2.45, 2.75) is 50.6 Å². The number of aliphatic hydroxyl groups is 4. The Labute approximate surface area is 115 Å². The molecule has 1 fully saturated rings. The highest BCUT2D eigenvalue weighted by atomic mass is 16.7. The van der Waals surface area contributed by atoms with Gasteiger partial charge in [-0.2, -0.15) is 5.48 Å². The maximum atomic E-state index is 11.0. The number of ether oxygens (including phenoxy) is 1. The van der Waals surface area contributed by atoms with Crippen molar-refractivity contribution in [2.75, 3.05) is 6.61 Å². The summed E-state index contributed by atoms with van der Waals surface area (Å²) >= 11 is 0. The molecule has 0 bridgehead atoms. The second kappa shape index (κ2) is 7.27. The lowest BCUT2D eigenvalue weighted by atomic mass is 9.99. The summed E-state index contributed by atoms with van der Waals surface area (Å²) in [6.07, 6.45) is -7.13. The molecule has 20 heavy (non-hydrogen) atoms. The first-order valence-corrected chi connectivity index (χ1v) is 6.24. The van der Waals surface area contributed by atoms with E-state index < -0.39 is 49.3 Å². The Kier molecular flexibility index (Phi) is 6.27. The van der Waals surface area contributed by atoms with E-state index >= 15 is 0 Å². The second-order valence-corrected chi connectivity index (χ2v) is 4.99. The Morgan fingerprint density at radius 2 is 1.90 bits per heavy atom. The zero-order valence-corrected chi connectivity index (χ0v) is 11.2. The van der Waals surface area contributed by atoms with Gasteiger partial charge in [0.1, 0.15) is 30.5 Å². The second-order valence-electron chi connectivity index (χ2n) is 4.99. The number of carbonyl (C=O) groups is 1. The maximum Gasteiger partial charge on any atom is 0.323 e. The molecule has 0 aromatic rings. The van der Waals surface area contributed by atoms with Crippen LogP contribution in [0.3, 0.4) is 0 Å². The third-order valence-corrected chi connectivity index (χ3v) is 3.10. The molecule has 1 aliphatic rings. The lowest BCUT2D eigenvalue weighted by Gasteiger charge is -2.40. The van der Waals surface area contributed by atoms with E-state index in [0.717, 1.165) is 0 Å². The molecule has 0 aliphatic carbocycles. The standard InChI is InChI=1S/C11H21NO8/c1-4(2)6(10(16)17)12-20-9-7(14)5(3-13)19-11(18)8(9)15/h4-9,11-15,18H,3H2,1-2H3,(H,16,17)/t5-,6?,7-,8-,9+,11?/m1/s1. The summed E-state index contributed by atoms with van der Waals surface area (Å²) in [6.45, 7) is 2.71. The van der Waals surface area contributed by atoms with E-state index in [1.165, 1.54) is 0 Å². The quantitative estimate of drug-likeness (QED) is 0.290. The topological polar surface area (TPSA) is 149 Å². The molecule has 0 radical (unpaired) electrons. The summed E-state index contributed by atoms with van der Waals surface area (Å²) in [5.41, 5.74) is 2.25. The summed E-state index contributed by atoms with van der Waals surface area (Å²) in [6, 6.07) is -1.05. The minimum absolute atomic E-state index is 0.305. The molecule has 0 saturated carbocycles. The molecular formula is C11H21NO8. The van der Waals surface area contributed by atoms with Crippen LogP contribution in [0.15, 0.2) is 0 Å². The van der Waals surface area contributed by atoms with Crippen LogP contribution in [-0.2, 0) is 14.4 Å². The van der Waals surface area contributed by atoms with E-state index in [9.17, 15) is 20.1 Å². The number of nitrogens with one attached hydrogen (secondary N) is 1. The smallest absolute Gasteiger partial charge is 0.323 e. The number of hydroxylamine groups is 1. The van der Waals surface area contributed by atoms with Crippen LogP contribution in [0.2, 0.25) is 0 Å². The van der Waals surface area contributed by atoms with Crippen molar-refractivity contribution in [1.29, 1.82) is 0 Å². The van der Waals surface area contributed by atoms with Gasteiger partial charge in [-0.3, -0.25) is 9.63 Å².